The number of nitrogens with one attached hydrogen (secondary N) is 1. The van der Waals surface area contributed by atoms with Crippen LogP contribution >= 0.6 is 23.2 Å². The highest BCUT2D eigenvalue weighted by Gasteiger charge is 2.30. The fraction of sp³-hybridized carbons (Fsp3) is 0.368. The molecule has 2 heterocycles. The Hall–Kier alpha value is -1.98. The topological polar surface area (TPSA) is 62.6 Å². The van der Waals surface area contributed by atoms with Crippen molar-refractivity contribution in [2.24, 2.45) is 5.92 Å². The highest BCUT2D eigenvalue weighted by atomic mass is 35.5. The van der Waals surface area contributed by atoms with Crippen LogP contribution in [0.15, 0.2) is 41.0 Å². The second-order valence-corrected chi connectivity index (χ2v) is 7.31. The molecular formula is C19H20Cl2N2O3. The van der Waals surface area contributed by atoms with E-state index in [1.165, 1.54) is 6.26 Å². The molecule has 1 aromatic heterocycles. The SMILES string of the molecule is C[C@@H](NC(=O)[C@@H]1CCCN(C(=O)c2ccco2)C1)c1ccc(Cl)cc1Cl. The Labute approximate surface area is 162 Å². The maximum absolute atomic E-state index is 12.7. The predicted molar refractivity (Wildman–Crippen MR) is 100 cm³/mol. The molecule has 0 bridgehead atoms. The maximum atomic E-state index is 12.7. The van der Waals surface area contributed by atoms with Crippen molar-refractivity contribution in [2.45, 2.75) is 25.8 Å². The van der Waals surface area contributed by atoms with Crippen LogP contribution in [-0.2, 0) is 4.79 Å². The van der Waals surface area contributed by atoms with E-state index in [1.807, 2.05) is 13.0 Å². The second-order valence-electron chi connectivity index (χ2n) is 6.46. The molecule has 1 aromatic carbocycles. The summed E-state index contributed by atoms with van der Waals surface area (Å²) in [6, 6.07) is 8.28. The number of halogens is 2. The van der Waals surface area contributed by atoms with E-state index in [0.29, 0.717) is 28.9 Å². The van der Waals surface area contributed by atoms with Gasteiger partial charge in [0.15, 0.2) is 5.76 Å². The zero-order chi connectivity index (χ0) is 18.7. The van der Waals surface area contributed by atoms with Crippen LogP contribution in [-0.4, -0.2) is 29.8 Å². The van der Waals surface area contributed by atoms with Gasteiger partial charge < -0.3 is 14.6 Å². The van der Waals surface area contributed by atoms with E-state index in [9.17, 15) is 9.59 Å². The summed E-state index contributed by atoms with van der Waals surface area (Å²) in [6.45, 7) is 2.88. The average molecular weight is 395 g/mol. The number of nitrogens with zero attached hydrogens (tertiary/aromatic N) is 1. The maximum Gasteiger partial charge on any atom is 0.289 e. The van der Waals surface area contributed by atoms with Gasteiger partial charge in [0.2, 0.25) is 5.91 Å². The molecule has 3 rings (SSSR count). The summed E-state index contributed by atoms with van der Waals surface area (Å²) in [5.41, 5.74) is 0.809. The normalized spacial score (nSPS) is 18.4. The molecule has 1 fully saturated rings. The minimum atomic E-state index is -0.254. The van der Waals surface area contributed by atoms with Crippen LogP contribution in [0.2, 0.25) is 10.0 Å². The number of likely N-dealkylation sites (tertiary alicyclic amines) is 1. The van der Waals surface area contributed by atoms with Crippen molar-refractivity contribution < 1.29 is 14.0 Å². The molecule has 0 radical (unpaired) electrons. The highest BCUT2D eigenvalue weighted by Crippen LogP contribution is 2.27. The number of hydrogen-bond acceptors (Lipinski definition) is 3. The van der Waals surface area contributed by atoms with Crippen LogP contribution in [0.4, 0.5) is 0 Å². The van der Waals surface area contributed by atoms with Crippen molar-refractivity contribution in [1.29, 1.82) is 0 Å². The number of hydrogen-bond donors (Lipinski definition) is 1. The summed E-state index contributed by atoms with van der Waals surface area (Å²) in [6.07, 6.45) is 2.99. The highest BCUT2D eigenvalue weighted by molar-refractivity contribution is 6.35. The largest absolute Gasteiger partial charge is 0.459 e. The second kappa shape index (κ2) is 8.14. The zero-order valence-corrected chi connectivity index (χ0v) is 15.9. The lowest BCUT2D eigenvalue weighted by Gasteiger charge is -2.32. The molecule has 7 heteroatoms. The van der Waals surface area contributed by atoms with Crippen LogP contribution in [0.1, 0.15) is 41.9 Å². The van der Waals surface area contributed by atoms with E-state index >= 15 is 0 Å². The molecule has 138 valence electrons. The molecule has 0 saturated carbocycles. The first-order valence-electron chi connectivity index (χ1n) is 8.54. The smallest absolute Gasteiger partial charge is 0.289 e. The Morgan fingerprint density at radius 2 is 2.12 bits per heavy atom. The van der Waals surface area contributed by atoms with Gasteiger partial charge in [0.25, 0.3) is 5.91 Å². The number of piperidine rings is 1. The minimum Gasteiger partial charge on any atom is -0.459 e. The van der Waals surface area contributed by atoms with Gasteiger partial charge >= 0.3 is 0 Å². The van der Waals surface area contributed by atoms with Gasteiger partial charge in [0, 0.05) is 23.1 Å². The van der Waals surface area contributed by atoms with Crippen molar-refractivity contribution in [3.05, 3.63) is 58.0 Å². The van der Waals surface area contributed by atoms with Gasteiger partial charge in [0.1, 0.15) is 0 Å². The number of rotatable bonds is 4. The van der Waals surface area contributed by atoms with Gasteiger partial charge in [-0.3, -0.25) is 9.59 Å². The number of amides is 2. The predicted octanol–water partition coefficient (Wildman–Crippen LogP) is 4.32. The van der Waals surface area contributed by atoms with Crippen molar-refractivity contribution in [3.8, 4) is 0 Å². The van der Waals surface area contributed by atoms with E-state index in [2.05, 4.69) is 5.32 Å². The first-order valence-corrected chi connectivity index (χ1v) is 9.29. The van der Waals surface area contributed by atoms with E-state index in [1.54, 1.807) is 29.2 Å². The van der Waals surface area contributed by atoms with Gasteiger partial charge in [-0.05, 0) is 49.6 Å². The molecular weight excluding hydrogens is 375 g/mol. The van der Waals surface area contributed by atoms with Crippen molar-refractivity contribution in [3.63, 3.8) is 0 Å². The lowest BCUT2D eigenvalue weighted by atomic mass is 9.96. The number of furan rings is 1. The molecule has 2 atom stereocenters. The van der Waals surface area contributed by atoms with E-state index in [-0.39, 0.29) is 23.8 Å². The van der Waals surface area contributed by atoms with Crippen LogP contribution in [0, 0.1) is 5.92 Å². The lowest BCUT2D eigenvalue weighted by molar-refractivity contribution is -0.127. The van der Waals surface area contributed by atoms with Crippen molar-refractivity contribution in [2.75, 3.05) is 13.1 Å². The number of carbonyl (C=O) groups is 2. The Balaban J connectivity index is 1.63. The first-order chi connectivity index (χ1) is 12.5. The van der Waals surface area contributed by atoms with E-state index in [4.69, 9.17) is 27.6 Å². The van der Waals surface area contributed by atoms with Gasteiger partial charge in [-0.2, -0.15) is 0 Å². The molecule has 2 aromatic rings. The Morgan fingerprint density at radius 1 is 1.31 bits per heavy atom. The van der Waals surface area contributed by atoms with Gasteiger partial charge in [-0.15, -0.1) is 0 Å². The molecule has 0 spiro atoms. The third kappa shape index (κ3) is 4.22. The van der Waals surface area contributed by atoms with E-state index < -0.39 is 0 Å². The van der Waals surface area contributed by atoms with Crippen LogP contribution in [0.25, 0.3) is 0 Å². The van der Waals surface area contributed by atoms with Crippen LogP contribution < -0.4 is 5.32 Å². The summed E-state index contributed by atoms with van der Waals surface area (Å²) in [7, 11) is 0. The first kappa shape index (κ1) is 18.8. The summed E-state index contributed by atoms with van der Waals surface area (Å²) in [5.74, 6) is -0.217. The lowest BCUT2D eigenvalue weighted by Crippen LogP contribution is -2.45. The fourth-order valence-corrected chi connectivity index (χ4v) is 3.77. The minimum absolute atomic E-state index is 0.0829. The van der Waals surface area contributed by atoms with Gasteiger partial charge in [-0.1, -0.05) is 29.3 Å². The number of benzene rings is 1. The molecule has 0 aliphatic carbocycles. The Bertz CT molecular complexity index is 792. The van der Waals surface area contributed by atoms with Crippen molar-refractivity contribution in [1.82, 2.24) is 10.2 Å². The summed E-state index contributed by atoms with van der Waals surface area (Å²) in [5, 5.41) is 4.06. The summed E-state index contributed by atoms with van der Waals surface area (Å²) < 4.78 is 5.17. The van der Waals surface area contributed by atoms with Crippen LogP contribution in [0.3, 0.4) is 0 Å². The summed E-state index contributed by atoms with van der Waals surface area (Å²) in [4.78, 5) is 26.8. The van der Waals surface area contributed by atoms with E-state index in [0.717, 1.165) is 18.4 Å². The molecule has 1 aliphatic rings. The summed E-state index contributed by atoms with van der Waals surface area (Å²) >= 11 is 12.1. The number of carbonyl (C=O) groups excluding carboxylic acids is 2. The Kier molecular flexibility index (Phi) is 5.89. The van der Waals surface area contributed by atoms with Crippen LogP contribution in [0.5, 0.6) is 0 Å². The molecule has 1 saturated heterocycles. The molecule has 26 heavy (non-hydrogen) atoms. The van der Waals surface area contributed by atoms with Crippen molar-refractivity contribution >= 4 is 35.0 Å². The van der Waals surface area contributed by atoms with Gasteiger partial charge in [0.05, 0.1) is 18.2 Å². The average Bonchev–Trinajstić information content (AvgIpc) is 3.15. The molecule has 2 amide bonds. The fourth-order valence-electron chi connectivity index (χ4n) is 3.19. The molecule has 1 aliphatic heterocycles. The molecule has 1 N–H and O–H groups in total. The monoisotopic (exact) mass is 394 g/mol. The molecule has 5 nitrogen and oxygen atoms in total. The quantitative estimate of drug-likeness (QED) is 0.839. The standard InChI is InChI=1S/C19H20Cl2N2O3/c1-12(15-7-6-14(20)10-16(15)21)22-18(24)13-4-2-8-23(11-13)19(25)17-5-3-9-26-17/h3,5-7,9-10,12-13H,2,4,8,11H2,1H3,(H,22,24)/t12-,13-/m1/s1. The zero-order valence-electron chi connectivity index (χ0n) is 14.4. The third-order valence-electron chi connectivity index (χ3n) is 4.60. The Morgan fingerprint density at radius 3 is 2.81 bits per heavy atom. The molecule has 0 unspecified atom stereocenters. The van der Waals surface area contributed by atoms with Gasteiger partial charge in [-0.25, -0.2) is 0 Å². The third-order valence-corrected chi connectivity index (χ3v) is 5.16.